The molecule has 1 aromatic heterocycles. The van der Waals surface area contributed by atoms with Crippen LogP contribution in [0.1, 0.15) is 46.5 Å². The van der Waals surface area contributed by atoms with E-state index < -0.39 is 0 Å². The largest absolute Gasteiger partial charge is 0.465 e. The minimum atomic E-state index is -0.349. The van der Waals surface area contributed by atoms with Crippen molar-refractivity contribution in [1.82, 2.24) is 5.32 Å². The molecule has 3 rings (SSSR count). The van der Waals surface area contributed by atoms with Crippen LogP contribution in [0.15, 0.2) is 0 Å². The van der Waals surface area contributed by atoms with Crippen molar-refractivity contribution in [1.29, 1.82) is 0 Å². The maximum atomic E-state index is 12.1. The Hall–Kier alpha value is -1.47. The van der Waals surface area contributed by atoms with Crippen molar-refractivity contribution >= 4 is 45.5 Å². The van der Waals surface area contributed by atoms with Gasteiger partial charge in [0.2, 0.25) is 5.91 Å². The summed E-state index contributed by atoms with van der Waals surface area (Å²) in [5.41, 5.74) is 1.65. The predicted molar refractivity (Wildman–Crippen MR) is 89.4 cm³/mol. The number of amides is 1. The van der Waals surface area contributed by atoms with Crippen molar-refractivity contribution in [3.05, 3.63) is 16.0 Å². The predicted octanol–water partition coefficient (Wildman–Crippen LogP) is 2.64. The molecule has 7 heteroatoms. The van der Waals surface area contributed by atoms with Crippen LogP contribution in [0.25, 0.3) is 0 Å². The second kappa shape index (κ2) is 6.34. The van der Waals surface area contributed by atoms with Gasteiger partial charge in [0.15, 0.2) is 5.11 Å². The van der Waals surface area contributed by atoms with Gasteiger partial charge in [-0.15, -0.1) is 11.3 Å². The van der Waals surface area contributed by atoms with Crippen molar-refractivity contribution in [2.45, 2.75) is 38.5 Å². The van der Waals surface area contributed by atoms with Gasteiger partial charge in [-0.25, -0.2) is 4.79 Å². The van der Waals surface area contributed by atoms with E-state index in [2.05, 4.69) is 10.6 Å². The summed E-state index contributed by atoms with van der Waals surface area (Å²) in [5, 5.41) is 6.64. The number of ether oxygens (including phenoxy) is 1. The van der Waals surface area contributed by atoms with Crippen molar-refractivity contribution in [2.24, 2.45) is 5.92 Å². The van der Waals surface area contributed by atoms with E-state index in [4.69, 9.17) is 17.0 Å². The number of nitrogens with one attached hydrogen (secondary N) is 2. The summed E-state index contributed by atoms with van der Waals surface area (Å²) in [6.07, 6.45) is 5.93. The number of hydrogen-bond donors (Lipinski definition) is 2. The first-order chi connectivity index (χ1) is 10.6. The first-order valence-corrected chi connectivity index (χ1v) is 8.67. The summed E-state index contributed by atoms with van der Waals surface area (Å²) in [7, 11) is 1.38. The first-order valence-electron chi connectivity index (χ1n) is 7.45. The molecular formula is C15H18N2O3S2. The average molecular weight is 338 g/mol. The summed E-state index contributed by atoms with van der Waals surface area (Å²) in [6, 6.07) is 0. The van der Waals surface area contributed by atoms with Gasteiger partial charge in [-0.05, 0) is 56.3 Å². The minimum absolute atomic E-state index is 0.0431. The monoisotopic (exact) mass is 338 g/mol. The van der Waals surface area contributed by atoms with Crippen molar-refractivity contribution in [2.75, 3.05) is 12.4 Å². The molecule has 22 heavy (non-hydrogen) atoms. The highest BCUT2D eigenvalue weighted by atomic mass is 32.1. The number of aryl methyl sites for hydroxylation is 1. The second-order valence-electron chi connectivity index (χ2n) is 5.62. The van der Waals surface area contributed by atoms with E-state index in [9.17, 15) is 9.59 Å². The molecule has 0 spiro atoms. The SMILES string of the molecule is COC(=O)c1c(NC(=S)NC(=O)C2CC2)sc2c1CCCC2. The van der Waals surface area contributed by atoms with E-state index in [0.29, 0.717) is 10.6 Å². The lowest BCUT2D eigenvalue weighted by Gasteiger charge is -2.12. The summed E-state index contributed by atoms with van der Waals surface area (Å²) >= 11 is 6.73. The Labute approximate surface area is 138 Å². The van der Waals surface area contributed by atoms with Crippen LogP contribution in [0.5, 0.6) is 0 Å². The van der Waals surface area contributed by atoms with E-state index in [0.717, 1.165) is 44.1 Å². The zero-order valence-electron chi connectivity index (χ0n) is 12.4. The van der Waals surface area contributed by atoms with E-state index >= 15 is 0 Å². The van der Waals surface area contributed by atoms with Crippen molar-refractivity contribution < 1.29 is 14.3 Å². The highest BCUT2D eigenvalue weighted by Gasteiger charge is 2.31. The molecule has 0 saturated heterocycles. The van der Waals surface area contributed by atoms with Crippen LogP contribution >= 0.6 is 23.6 Å². The molecule has 0 aromatic carbocycles. The Bertz CT molecular complexity index is 635. The molecular weight excluding hydrogens is 320 g/mol. The molecule has 118 valence electrons. The summed E-state index contributed by atoms with van der Waals surface area (Å²) in [6.45, 7) is 0. The lowest BCUT2D eigenvalue weighted by atomic mass is 9.95. The number of rotatable bonds is 3. The Morgan fingerprint density at radius 2 is 2.00 bits per heavy atom. The molecule has 5 nitrogen and oxygen atoms in total. The molecule has 1 amide bonds. The van der Waals surface area contributed by atoms with Crippen LogP contribution in [-0.4, -0.2) is 24.1 Å². The molecule has 2 aliphatic rings. The Balaban J connectivity index is 1.79. The third kappa shape index (κ3) is 3.15. The van der Waals surface area contributed by atoms with Crippen LogP contribution in [0.3, 0.4) is 0 Å². The zero-order valence-corrected chi connectivity index (χ0v) is 14.0. The van der Waals surface area contributed by atoms with Gasteiger partial charge in [-0.2, -0.15) is 0 Å². The highest BCUT2D eigenvalue weighted by molar-refractivity contribution is 7.80. The molecule has 0 atom stereocenters. The number of fused-ring (bicyclic) bond motifs is 1. The third-order valence-corrected chi connectivity index (χ3v) is 5.38. The number of thiocarbonyl (C=S) groups is 1. The molecule has 1 heterocycles. The average Bonchev–Trinajstić information content (AvgIpc) is 3.28. The lowest BCUT2D eigenvalue weighted by molar-refractivity contribution is -0.120. The number of carbonyl (C=O) groups is 2. The number of anilines is 1. The molecule has 0 radical (unpaired) electrons. The molecule has 1 aromatic rings. The summed E-state index contributed by atoms with van der Waals surface area (Å²) in [4.78, 5) is 25.1. The van der Waals surface area contributed by atoms with E-state index in [-0.39, 0.29) is 22.9 Å². The van der Waals surface area contributed by atoms with Gasteiger partial charge in [0, 0.05) is 10.8 Å². The van der Waals surface area contributed by atoms with Crippen LogP contribution in [-0.2, 0) is 22.4 Å². The molecule has 2 N–H and O–H groups in total. The third-order valence-electron chi connectivity index (χ3n) is 3.97. The number of esters is 1. The first kappa shape index (κ1) is 15.4. The van der Waals surface area contributed by atoms with E-state index in [1.807, 2.05) is 0 Å². The number of thiophene rings is 1. The van der Waals surface area contributed by atoms with E-state index in [1.54, 1.807) is 0 Å². The number of methoxy groups -OCH3 is 1. The topological polar surface area (TPSA) is 67.4 Å². The zero-order chi connectivity index (χ0) is 15.7. The van der Waals surface area contributed by atoms with Crippen LogP contribution in [0.2, 0.25) is 0 Å². The maximum Gasteiger partial charge on any atom is 0.341 e. The Morgan fingerprint density at radius 3 is 2.68 bits per heavy atom. The standard InChI is InChI=1S/C15H18N2O3S2/c1-20-14(19)11-9-4-2-3-5-10(9)22-13(11)17-15(21)16-12(18)8-6-7-8/h8H,2-7H2,1H3,(H2,16,17,18,21). The normalized spacial score (nSPS) is 16.6. The fourth-order valence-corrected chi connectivity index (χ4v) is 4.21. The maximum absolute atomic E-state index is 12.1. The van der Waals surface area contributed by atoms with Gasteiger partial charge in [0.05, 0.1) is 12.7 Å². The molecule has 0 unspecified atom stereocenters. The Kier molecular flexibility index (Phi) is 4.44. The quantitative estimate of drug-likeness (QED) is 0.655. The molecule has 0 aliphatic heterocycles. The van der Waals surface area contributed by atoms with E-state index in [1.165, 1.54) is 23.3 Å². The number of hydrogen-bond acceptors (Lipinski definition) is 5. The molecule has 1 saturated carbocycles. The van der Waals surface area contributed by atoms with Gasteiger partial charge >= 0.3 is 5.97 Å². The Morgan fingerprint density at radius 1 is 1.27 bits per heavy atom. The van der Waals surface area contributed by atoms with Gasteiger partial charge in [-0.3, -0.25) is 4.79 Å². The molecule has 0 bridgehead atoms. The van der Waals surface area contributed by atoms with Gasteiger partial charge in [0.25, 0.3) is 0 Å². The fraction of sp³-hybridized carbons (Fsp3) is 0.533. The minimum Gasteiger partial charge on any atom is -0.465 e. The van der Waals surface area contributed by atoms with Crippen LogP contribution < -0.4 is 10.6 Å². The molecule has 2 aliphatic carbocycles. The van der Waals surface area contributed by atoms with Crippen molar-refractivity contribution in [3.63, 3.8) is 0 Å². The van der Waals surface area contributed by atoms with Gasteiger partial charge in [0.1, 0.15) is 5.00 Å². The van der Waals surface area contributed by atoms with Crippen LogP contribution in [0.4, 0.5) is 5.00 Å². The molecule has 1 fully saturated rings. The highest BCUT2D eigenvalue weighted by Crippen LogP contribution is 2.38. The summed E-state index contributed by atoms with van der Waals surface area (Å²) < 4.78 is 4.91. The van der Waals surface area contributed by atoms with Crippen LogP contribution in [0, 0.1) is 5.92 Å². The van der Waals surface area contributed by atoms with Gasteiger partial charge in [-0.1, -0.05) is 0 Å². The second-order valence-corrected chi connectivity index (χ2v) is 7.14. The smallest absolute Gasteiger partial charge is 0.341 e. The lowest BCUT2D eigenvalue weighted by Crippen LogP contribution is -2.35. The van der Waals surface area contributed by atoms with Gasteiger partial charge < -0.3 is 15.4 Å². The van der Waals surface area contributed by atoms with Crippen molar-refractivity contribution in [3.8, 4) is 0 Å². The summed E-state index contributed by atoms with van der Waals surface area (Å²) in [5.74, 6) is -0.298. The number of carbonyl (C=O) groups excluding carboxylic acids is 2. The fourth-order valence-electron chi connectivity index (χ4n) is 2.67.